The molecular weight excluding hydrogens is 349 g/mol. The molecule has 1 aromatic heterocycles. The third kappa shape index (κ3) is 3.36. The van der Waals surface area contributed by atoms with Crippen LogP contribution in [0.5, 0.6) is 0 Å². The van der Waals surface area contributed by atoms with Crippen LogP contribution >= 0.6 is 0 Å². The molecule has 2 aromatic carbocycles. The van der Waals surface area contributed by atoms with E-state index in [1.54, 1.807) is 18.2 Å². The summed E-state index contributed by atoms with van der Waals surface area (Å²) in [5.74, 6) is -2.08. The second-order valence-corrected chi connectivity index (χ2v) is 6.65. The van der Waals surface area contributed by atoms with Crippen molar-refractivity contribution >= 4 is 21.7 Å². The lowest BCUT2D eigenvalue weighted by Gasteiger charge is -2.13. The highest BCUT2D eigenvalue weighted by Crippen LogP contribution is 2.24. The van der Waals surface area contributed by atoms with E-state index in [-0.39, 0.29) is 11.4 Å². The average molecular weight is 361 g/mol. The molecule has 2 N–H and O–H groups in total. The summed E-state index contributed by atoms with van der Waals surface area (Å²) in [5.41, 5.74) is 0.243. The Morgan fingerprint density at radius 2 is 1.76 bits per heavy atom. The van der Waals surface area contributed by atoms with Gasteiger partial charge < -0.3 is 5.11 Å². The van der Waals surface area contributed by atoms with E-state index in [0.29, 0.717) is 5.69 Å². The van der Waals surface area contributed by atoms with Gasteiger partial charge in [-0.05, 0) is 30.3 Å². The fraction of sp³-hybridized carbons (Fsp3) is 0. The summed E-state index contributed by atoms with van der Waals surface area (Å²) in [6.07, 6.45) is 1.39. The van der Waals surface area contributed by atoms with Crippen LogP contribution in [0, 0.1) is 5.82 Å². The predicted octanol–water partition coefficient (Wildman–Crippen LogP) is 2.51. The number of hydrogen-bond acceptors (Lipinski definition) is 4. The molecule has 0 bridgehead atoms. The van der Waals surface area contributed by atoms with Crippen molar-refractivity contribution in [2.45, 2.75) is 4.90 Å². The van der Waals surface area contributed by atoms with Gasteiger partial charge in [-0.15, -0.1) is 0 Å². The number of rotatable bonds is 5. The molecule has 0 aliphatic carbocycles. The van der Waals surface area contributed by atoms with E-state index in [2.05, 4.69) is 9.82 Å². The van der Waals surface area contributed by atoms with E-state index >= 15 is 0 Å². The van der Waals surface area contributed by atoms with Crippen LogP contribution in [-0.4, -0.2) is 29.3 Å². The van der Waals surface area contributed by atoms with E-state index in [1.807, 2.05) is 0 Å². The molecule has 1 heterocycles. The van der Waals surface area contributed by atoms with Gasteiger partial charge in [0.2, 0.25) is 0 Å². The second kappa shape index (κ2) is 6.36. The monoisotopic (exact) mass is 361 g/mol. The maximum absolute atomic E-state index is 13.8. The molecule has 0 unspecified atom stereocenters. The van der Waals surface area contributed by atoms with Gasteiger partial charge in [0, 0.05) is 6.20 Å². The van der Waals surface area contributed by atoms with Gasteiger partial charge in [-0.3, -0.25) is 4.72 Å². The molecular formula is C16H12FN3O4S. The summed E-state index contributed by atoms with van der Waals surface area (Å²) in [6.45, 7) is 0. The fourth-order valence-corrected chi connectivity index (χ4v) is 3.35. The number of benzene rings is 2. The van der Waals surface area contributed by atoms with Crippen LogP contribution in [0.4, 0.5) is 10.1 Å². The molecule has 25 heavy (non-hydrogen) atoms. The topological polar surface area (TPSA) is 101 Å². The molecule has 0 aliphatic heterocycles. The Labute approximate surface area is 142 Å². The Morgan fingerprint density at radius 1 is 1.08 bits per heavy atom. The summed E-state index contributed by atoms with van der Waals surface area (Å²) < 4.78 is 42.2. The number of carboxylic acid groups (broad SMARTS) is 1. The number of nitrogens with one attached hydrogen (secondary N) is 1. The molecule has 7 nitrogen and oxygen atoms in total. The molecule has 128 valence electrons. The van der Waals surface area contributed by atoms with Crippen LogP contribution in [0.15, 0.2) is 65.7 Å². The van der Waals surface area contributed by atoms with Gasteiger partial charge in [0.15, 0.2) is 5.69 Å². The summed E-state index contributed by atoms with van der Waals surface area (Å²) >= 11 is 0. The minimum atomic E-state index is -4.17. The van der Waals surface area contributed by atoms with Gasteiger partial charge in [0.1, 0.15) is 10.7 Å². The number of carboxylic acids is 1. The third-order valence-corrected chi connectivity index (χ3v) is 4.73. The number of nitrogens with zero attached hydrogens (tertiary/aromatic N) is 2. The van der Waals surface area contributed by atoms with Crippen LogP contribution < -0.4 is 4.72 Å². The van der Waals surface area contributed by atoms with Crippen LogP contribution in [0.25, 0.3) is 5.69 Å². The van der Waals surface area contributed by atoms with Crippen molar-refractivity contribution in [1.82, 2.24) is 9.78 Å². The lowest BCUT2D eigenvalue weighted by atomic mass is 10.3. The number of hydrogen-bond donors (Lipinski definition) is 2. The molecule has 0 amide bonds. The van der Waals surface area contributed by atoms with Crippen LogP contribution in [-0.2, 0) is 10.0 Å². The average Bonchev–Trinajstić information content (AvgIpc) is 3.05. The number of para-hydroxylation sites is 2. The first-order valence-corrected chi connectivity index (χ1v) is 8.52. The van der Waals surface area contributed by atoms with Crippen molar-refractivity contribution in [3.8, 4) is 5.69 Å². The quantitative estimate of drug-likeness (QED) is 0.727. The maximum Gasteiger partial charge on any atom is 0.356 e. The highest BCUT2D eigenvalue weighted by atomic mass is 32.2. The summed E-state index contributed by atoms with van der Waals surface area (Å²) in [5, 5.41) is 12.8. The maximum atomic E-state index is 13.8. The molecule has 0 radical (unpaired) electrons. The molecule has 0 atom stereocenters. The standard InChI is InChI=1S/C16H12FN3O4S/c17-11-5-1-4-8-15(11)25(23,24)19-12-6-2-3-7-14(12)20-10-9-13(18-20)16(21)22/h1-10,19H,(H,21,22). The van der Waals surface area contributed by atoms with E-state index in [0.717, 1.165) is 12.1 Å². The minimum Gasteiger partial charge on any atom is -0.476 e. The zero-order valence-corrected chi connectivity index (χ0v) is 13.4. The van der Waals surface area contributed by atoms with E-state index in [1.165, 1.54) is 35.1 Å². The number of halogens is 1. The van der Waals surface area contributed by atoms with Gasteiger partial charge in [-0.2, -0.15) is 5.10 Å². The van der Waals surface area contributed by atoms with Crippen LogP contribution in [0.3, 0.4) is 0 Å². The third-order valence-electron chi connectivity index (χ3n) is 3.33. The number of aromatic carboxylic acids is 1. The van der Waals surface area contributed by atoms with Crippen LogP contribution in [0.2, 0.25) is 0 Å². The van der Waals surface area contributed by atoms with Crippen molar-refractivity contribution in [2.75, 3.05) is 4.72 Å². The zero-order valence-electron chi connectivity index (χ0n) is 12.6. The van der Waals surface area contributed by atoms with Gasteiger partial charge in [-0.1, -0.05) is 24.3 Å². The first kappa shape index (κ1) is 16.7. The highest BCUT2D eigenvalue weighted by molar-refractivity contribution is 7.92. The number of anilines is 1. The largest absolute Gasteiger partial charge is 0.476 e. The highest BCUT2D eigenvalue weighted by Gasteiger charge is 2.20. The zero-order chi connectivity index (χ0) is 18.0. The molecule has 3 rings (SSSR count). The lowest BCUT2D eigenvalue weighted by molar-refractivity contribution is 0.0690. The second-order valence-electron chi connectivity index (χ2n) is 5.00. The lowest BCUT2D eigenvalue weighted by Crippen LogP contribution is -2.16. The number of aromatic nitrogens is 2. The van der Waals surface area contributed by atoms with Crippen molar-refractivity contribution in [1.29, 1.82) is 0 Å². The first-order valence-electron chi connectivity index (χ1n) is 7.04. The number of sulfonamides is 1. The normalized spacial score (nSPS) is 11.2. The fourth-order valence-electron chi connectivity index (χ4n) is 2.19. The Morgan fingerprint density at radius 3 is 2.44 bits per heavy atom. The summed E-state index contributed by atoms with van der Waals surface area (Å²) in [7, 11) is -4.17. The molecule has 0 saturated carbocycles. The van der Waals surface area contributed by atoms with Gasteiger partial charge >= 0.3 is 5.97 Å². The van der Waals surface area contributed by atoms with Crippen molar-refractivity contribution in [3.63, 3.8) is 0 Å². The predicted molar refractivity (Wildman–Crippen MR) is 87.7 cm³/mol. The van der Waals surface area contributed by atoms with Crippen molar-refractivity contribution < 1.29 is 22.7 Å². The SMILES string of the molecule is O=C(O)c1ccn(-c2ccccc2NS(=O)(=O)c2ccccc2F)n1. The van der Waals surface area contributed by atoms with Gasteiger partial charge in [0.05, 0.1) is 11.4 Å². The van der Waals surface area contributed by atoms with E-state index in [4.69, 9.17) is 5.11 Å². The Hall–Kier alpha value is -3.20. The first-order chi connectivity index (χ1) is 11.9. The van der Waals surface area contributed by atoms with Gasteiger partial charge in [0.25, 0.3) is 10.0 Å². The Bertz CT molecular complexity index is 1050. The van der Waals surface area contributed by atoms with Gasteiger partial charge in [-0.25, -0.2) is 22.3 Å². The van der Waals surface area contributed by atoms with E-state index < -0.39 is 26.7 Å². The molecule has 0 spiro atoms. The smallest absolute Gasteiger partial charge is 0.356 e. The minimum absolute atomic E-state index is 0.130. The Balaban J connectivity index is 2.01. The van der Waals surface area contributed by atoms with Crippen molar-refractivity contribution in [2.24, 2.45) is 0 Å². The Kier molecular flexibility index (Phi) is 4.24. The number of carbonyl (C=O) groups is 1. The molecule has 9 heteroatoms. The van der Waals surface area contributed by atoms with Crippen LogP contribution in [0.1, 0.15) is 10.5 Å². The molecule has 0 aliphatic rings. The van der Waals surface area contributed by atoms with E-state index in [9.17, 15) is 17.6 Å². The molecule has 0 saturated heterocycles. The molecule has 3 aromatic rings. The molecule has 0 fully saturated rings. The summed E-state index contributed by atoms with van der Waals surface area (Å²) in [4.78, 5) is 10.5. The van der Waals surface area contributed by atoms with Crippen molar-refractivity contribution in [3.05, 3.63) is 72.3 Å². The summed E-state index contributed by atoms with van der Waals surface area (Å²) in [6, 6.07) is 12.5.